The van der Waals surface area contributed by atoms with Crippen molar-refractivity contribution in [1.29, 1.82) is 0 Å². The molecule has 0 spiro atoms. The van der Waals surface area contributed by atoms with Crippen molar-refractivity contribution in [3.8, 4) is 5.75 Å². The molecule has 3 heteroatoms. The molecule has 0 heterocycles. The number of benzene rings is 1. The zero-order chi connectivity index (χ0) is 13.0. The molecule has 0 saturated heterocycles. The van der Waals surface area contributed by atoms with E-state index in [1.54, 1.807) is 7.11 Å². The van der Waals surface area contributed by atoms with E-state index in [0.29, 0.717) is 0 Å². The molecular weight excluding hydrogens is 214 g/mol. The van der Waals surface area contributed by atoms with Gasteiger partial charge in [0.1, 0.15) is 5.75 Å². The SMILES string of the molecule is CCNC(C)C(O)c1cc(C)c(OC)cc1C. The van der Waals surface area contributed by atoms with Crippen LogP contribution in [0.2, 0.25) is 0 Å². The first-order valence-corrected chi connectivity index (χ1v) is 6.07. The maximum atomic E-state index is 10.3. The molecule has 0 aliphatic rings. The normalized spacial score (nSPS) is 14.5. The molecule has 1 rings (SSSR count). The van der Waals surface area contributed by atoms with Gasteiger partial charge in [-0.3, -0.25) is 0 Å². The van der Waals surface area contributed by atoms with Gasteiger partial charge in [-0.15, -0.1) is 0 Å². The molecule has 0 fully saturated rings. The van der Waals surface area contributed by atoms with Crippen LogP contribution in [0.15, 0.2) is 12.1 Å². The Morgan fingerprint density at radius 2 is 1.94 bits per heavy atom. The number of aliphatic hydroxyl groups is 1. The fourth-order valence-electron chi connectivity index (χ4n) is 2.05. The van der Waals surface area contributed by atoms with Crippen LogP contribution in [0.1, 0.15) is 36.6 Å². The van der Waals surface area contributed by atoms with Gasteiger partial charge in [0.25, 0.3) is 0 Å². The molecule has 0 aliphatic carbocycles. The minimum absolute atomic E-state index is 0.0477. The molecule has 0 amide bonds. The highest BCUT2D eigenvalue weighted by Gasteiger charge is 2.18. The van der Waals surface area contributed by atoms with E-state index in [-0.39, 0.29) is 6.04 Å². The average Bonchev–Trinajstić information content (AvgIpc) is 2.31. The van der Waals surface area contributed by atoms with Gasteiger partial charge in [0, 0.05) is 6.04 Å². The molecule has 0 aliphatic heterocycles. The van der Waals surface area contributed by atoms with E-state index in [4.69, 9.17) is 4.74 Å². The Kier molecular flexibility index (Phi) is 4.97. The molecule has 2 atom stereocenters. The third-order valence-corrected chi connectivity index (χ3v) is 3.10. The van der Waals surface area contributed by atoms with Crippen molar-refractivity contribution in [3.05, 3.63) is 28.8 Å². The van der Waals surface area contributed by atoms with Crippen molar-refractivity contribution >= 4 is 0 Å². The lowest BCUT2D eigenvalue weighted by Gasteiger charge is -2.22. The highest BCUT2D eigenvalue weighted by atomic mass is 16.5. The van der Waals surface area contributed by atoms with Crippen molar-refractivity contribution in [1.82, 2.24) is 5.32 Å². The highest BCUT2D eigenvalue weighted by molar-refractivity contribution is 5.42. The molecule has 0 aromatic heterocycles. The fourth-order valence-corrected chi connectivity index (χ4v) is 2.05. The van der Waals surface area contributed by atoms with Crippen LogP contribution in [0, 0.1) is 13.8 Å². The number of likely N-dealkylation sites (N-methyl/N-ethyl adjacent to an activating group) is 1. The van der Waals surface area contributed by atoms with Crippen molar-refractivity contribution in [2.45, 2.75) is 39.8 Å². The summed E-state index contributed by atoms with van der Waals surface area (Å²) in [4.78, 5) is 0. The second-order valence-electron chi connectivity index (χ2n) is 4.47. The van der Waals surface area contributed by atoms with Crippen LogP contribution >= 0.6 is 0 Å². The molecule has 0 saturated carbocycles. The molecule has 2 unspecified atom stereocenters. The summed E-state index contributed by atoms with van der Waals surface area (Å²) in [7, 11) is 1.67. The van der Waals surface area contributed by atoms with Gasteiger partial charge in [-0.2, -0.15) is 0 Å². The van der Waals surface area contributed by atoms with Gasteiger partial charge in [0.2, 0.25) is 0 Å². The van der Waals surface area contributed by atoms with Gasteiger partial charge >= 0.3 is 0 Å². The summed E-state index contributed by atoms with van der Waals surface area (Å²) in [5, 5.41) is 13.5. The van der Waals surface area contributed by atoms with E-state index in [1.807, 2.05) is 39.8 Å². The number of aryl methyl sites for hydroxylation is 2. The third kappa shape index (κ3) is 3.20. The van der Waals surface area contributed by atoms with Gasteiger partial charge in [-0.05, 0) is 56.1 Å². The number of rotatable bonds is 5. The van der Waals surface area contributed by atoms with Crippen LogP contribution in [0.5, 0.6) is 5.75 Å². The Morgan fingerprint density at radius 3 is 2.47 bits per heavy atom. The Labute approximate surface area is 104 Å². The first kappa shape index (κ1) is 14.0. The Morgan fingerprint density at radius 1 is 1.29 bits per heavy atom. The van der Waals surface area contributed by atoms with Crippen LogP contribution in [0.4, 0.5) is 0 Å². The quantitative estimate of drug-likeness (QED) is 0.826. The van der Waals surface area contributed by atoms with Crippen molar-refractivity contribution in [3.63, 3.8) is 0 Å². The highest BCUT2D eigenvalue weighted by Crippen LogP contribution is 2.28. The standard InChI is InChI=1S/C14H23NO2/c1-6-15-11(4)14(16)12-7-10(3)13(17-5)8-9(12)2/h7-8,11,14-16H,6H2,1-5H3. The van der Waals surface area contributed by atoms with Crippen molar-refractivity contribution in [2.75, 3.05) is 13.7 Å². The number of aliphatic hydroxyl groups excluding tert-OH is 1. The summed E-state index contributed by atoms with van der Waals surface area (Å²) in [5.74, 6) is 0.870. The third-order valence-electron chi connectivity index (χ3n) is 3.10. The van der Waals surface area contributed by atoms with E-state index in [1.165, 1.54) is 0 Å². The zero-order valence-corrected chi connectivity index (χ0v) is 11.4. The van der Waals surface area contributed by atoms with E-state index in [9.17, 15) is 5.11 Å². The monoisotopic (exact) mass is 237 g/mol. The fraction of sp³-hybridized carbons (Fsp3) is 0.571. The summed E-state index contributed by atoms with van der Waals surface area (Å²) in [6.07, 6.45) is -0.487. The summed E-state index contributed by atoms with van der Waals surface area (Å²) in [6, 6.07) is 4.03. The Bertz CT molecular complexity index is 377. The first-order valence-electron chi connectivity index (χ1n) is 6.07. The smallest absolute Gasteiger partial charge is 0.122 e. The van der Waals surface area contributed by atoms with Gasteiger partial charge < -0.3 is 15.2 Å². The Balaban J connectivity index is 3.01. The predicted octanol–water partition coefficient (Wildman–Crippen LogP) is 2.34. The van der Waals surface area contributed by atoms with Crippen LogP contribution in [0.3, 0.4) is 0 Å². The van der Waals surface area contributed by atoms with Crippen LogP contribution < -0.4 is 10.1 Å². The van der Waals surface area contributed by atoms with Crippen molar-refractivity contribution in [2.24, 2.45) is 0 Å². The maximum absolute atomic E-state index is 10.3. The molecule has 0 radical (unpaired) electrons. The van der Waals surface area contributed by atoms with E-state index in [0.717, 1.165) is 29.0 Å². The minimum atomic E-state index is -0.487. The summed E-state index contributed by atoms with van der Waals surface area (Å²) in [5.41, 5.74) is 3.08. The number of hydrogen-bond acceptors (Lipinski definition) is 3. The summed E-state index contributed by atoms with van der Waals surface area (Å²) < 4.78 is 5.27. The summed E-state index contributed by atoms with van der Waals surface area (Å²) in [6.45, 7) is 8.88. The lowest BCUT2D eigenvalue weighted by molar-refractivity contribution is 0.136. The van der Waals surface area contributed by atoms with Crippen LogP contribution in [0.25, 0.3) is 0 Å². The maximum Gasteiger partial charge on any atom is 0.122 e. The zero-order valence-electron chi connectivity index (χ0n) is 11.4. The number of nitrogens with one attached hydrogen (secondary N) is 1. The lowest BCUT2D eigenvalue weighted by Crippen LogP contribution is -2.32. The Hall–Kier alpha value is -1.06. The van der Waals surface area contributed by atoms with Gasteiger partial charge in [-0.1, -0.05) is 6.92 Å². The first-order chi connectivity index (χ1) is 8.01. The van der Waals surface area contributed by atoms with Crippen LogP contribution in [-0.4, -0.2) is 24.8 Å². The lowest BCUT2D eigenvalue weighted by atomic mass is 9.96. The van der Waals surface area contributed by atoms with E-state index >= 15 is 0 Å². The largest absolute Gasteiger partial charge is 0.496 e. The van der Waals surface area contributed by atoms with Gasteiger partial charge in [0.15, 0.2) is 0 Å². The second-order valence-corrected chi connectivity index (χ2v) is 4.47. The van der Waals surface area contributed by atoms with Crippen molar-refractivity contribution < 1.29 is 9.84 Å². The average molecular weight is 237 g/mol. The molecular formula is C14H23NO2. The molecule has 96 valence electrons. The van der Waals surface area contributed by atoms with E-state index < -0.39 is 6.10 Å². The molecule has 2 N–H and O–H groups in total. The number of hydrogen-bond donors (Lipinski definition) is 2. The van der Waals surface area contributed by atoms with E-state index in [2.05, 4.69) is 5.32 Å². The molecule has 0 bridgehead atoms. The molecule has 1 aromatic rings. The molecule has 17 heavy (non-hydrogen) atoms. The molecule has 3 nitrogen and oxygen atoms in total. The predicted molar refractivity (Wildman–Crippen MR) is 70.6 cm³/mol. The number of methoxy groups -OCH3 is 1. The second kappa shape index (κ2) is 6.03. The van der Waals surface area contributed by atoms with Crippen LogP contribution in [-0.2, 0) is 0 Å². The van der Waals surface area contributed by atoms with Gasteiger partial charge in [0.05, 0.1) is 13.2 Å². The number of ether oxygens (including phenoxy) is 1. The van der Waals surface area contributed by atoms with Gasteiger partial charge in [-0.25, -0.2) is 0 Å². The minimum Gasteiger partial charge on any atom is -0.496 e. The topological polar surface area (TPSA) is 41.5 Å². The molecule has 1 aromatic carbocycles. The summed E-state index contributed by atoms with van der Waals surface area (Å²) >= 11 is 0.